The lowest BCUT2D eigenvalue weighted by molar-refractivity contribution is -0.146. The Bertz CT molecular complexity index is 400. The Morgan fingerprint density at radius 2 is 2.24 bits per heavy atom. The molecule has 17 heavy (non-hydrogen) atoms. The SMILES string of the molecule is CN(C(=O)NCc1cnc[nH]1)C(C)(C)C(=O)O. The van der Waals surface area contributed by atoms with Gasteiger partial charge in [0.1, 0.15) is 5.54 Å². The third kappa shape index (κ3) is 2.96. The van der Waals surface area contributed by atoms with Gasteiger partial charge in [-0.3, -0.25) is 0 Å². The Hall–Kier alpha value is -2.05. The van der Waals surface area contributed by atoms with Crippen LogP contribution in [0, 0.1) is 0 Å². The van der Waals surface area contributed by atoms with Crippen molar-refractivity contribution >= 4 is 12.0 Å². The van der Waals surface area contributed by atoms with Crippen LogP contribution in [-0.4, -0.2) is 44.6 Å². The monoisotopic (exact) mass is 240 g/mol. The number of hydrogen-bond donors (Lipinski definition) is 3. The molecule has 0 bridgehead atoms. The van der Waals surface area contributed by atoms with Crippen LogP contribution >= 0.6 is 0 Å². The minimum atomic E-state index is -1.25. The Morgan fingerprint density at radius 3 is 2.71 bits per heavy atom. The molecule has 2 amide bonds. The molecular formula is C10H16N4O3. The zero-order valence-electron chi connectivity index (χ0n) is 10.0. The Labute approximate surface area is 98.8 Å². The van der Waals surface area contributed by atoms with E-state index in [2.05, 4.69) is 15.3 Å². The molecule has 94 valence electrons. The summed E-state index contributed by atoms with van der Waals surface area (Å²) in [7, 11) is 1.44. The van der Waals surface area contributed by atoms with Crippen LogP contribution in [0.2, 0.25) is 0 Å². The summed E-state index contributed by atoms with van der Waals surface area (Å²) in [5, 5.41) is 11.6. The third-order valence-electron chi connectivity index (χ3n) is 2.65. The van der Waals surface area contributed by atoms with Crippen molar-refractivity contribution in [1.29, 1.82) is 0 Å². The van der Waals surface area contributed by atoms with Crippen LogP contribution in [0.5, 0.6) is 0 Å². The number of H-pyrrole nitrogens is 1. The molecule has 0 atom stereocenters. The molecule has 0 radical (unpaired) electrons. The molecule has 7 nitrogen and oxygen atoms in total. The number of urea groups is 1. The number of carboxylic acid groups (broad SMARTS) is 1. The van der Waals surface area contributed by atoms with Gasteiger partial charge in [0.25, 0.3) is 0 Å². The molecule has 0 aliphatic carbocycles. The summed E-state index contributed by atoms with van der Waals surface area (Å²) in [6.45, 7) is 3.20. The van der Waals surface area contributed by atoms with Crippen LogP contribution in [0.25, 0.3) is 0 Å². The number of likely N-dealkylation sites (N-methyl/N-ethyl adjacent to an activating group) is 1. The molecular weight excluding hydrogens is 224 g/mol. The first-order valence-corrected chi connectivity index (χ1v) is 5.08. The smallest absolute Gasteiger partial charge is 0.329 e. The van der Waals surface area contributed by atoms with Gasteiger partial charge in [-0.15, -0.1) is 0 Å². The maximum Gasteiger partial charge on any atom is 0.329 e. The van der Waals surface area contributed by atoms with E-state index < -0.39 is 17.5 Å². The van der Waals surface area contributed by atoms with Crippen LogP contribution in [0.3, 0.4) is 0 Å². The van der Waals surface area contributed by atoms with Gasteiger partial charge in [0.15, 0.2) is 0 Å². The number of nitrogens with zero attached hydrogens (tertiary/aromatic N) is 2. The highest BCUT2D eigenvalue weighted by molar-refractivity contribution is 5.85. The fourth-order valence-electron chi connectivity index (χ4n) is 1.07. The quantitative estimate of drug-likeness (QED) is 0.710. The molecule has 7 heteroatoms. The van der Waals surface area contributed by atoms with Crippen molar-refractivity contribution in [3.05, 3.63) is 18.2 Å². The minimum absolute atomic E-state index is 0.277. The number of nitrogens with one attached hydrogen (secondary N) is 2. The first-order chi connectivity index (χ1) is 7.85. The van der Waals surface area contributed by atoms with E-state index in [1.165, 1.54) is 27.2 Å². The van der Waals surface area contributed by atoms with E-state index in [9.17, 15) is 9.59 Å². The van der Waals surface area contributed by atoms with Gasteiger partial charge in [-0.1, -0.05) is 0 Å². The van der Waals surface area contributed by atoms with E-state index in [1.54, 1.807) is 6.20 Å². The van der Waals surface area contributed by atoms with Gasteiger partial charge in [-0.2, -0.15) is 0 Å². The average molecular weight is 240 g/mol. The number of carbonyl (C=O) groups is 2. The third-order valence-corrected chi connectivity index (χ3v) is 2.65. The number of rotatable bonds is 4. The molecule has 0 fully saturated rings. The maximum atomic E-state index is 11.7. The van der Waals surface area contributed by atoms with E-state index in [0.717, 1.165) is 10.6 Å². The van der Waals surface area contributed by atoms with Crippen LogP contribution in [0.15, 0.2) is 12.5 Å². The second-order valence-corrected chi connectivity index (χ2v) is 4.16. The highest BCUT2D eigenvalue weighted by Crippen LogP contribution is 2.12. The predicted molar refractivity (Wildman–Crippen MR) is 60.3 cm³/mol. The fraction of sp³-hybridized carbons (Fsp3) is 0.500. The first-order valence-electron chi connectivity index (χ1n) is 5.08. The maximum absolute atomic E-state index is 11.7. The van der Waals surface area contributed by atoms with Crippen LogP contribution < -0.4 is 5.32 Å². The van der Waals surface area contributed by atoms with E-state index in [4.69, 9.17) is 5.11 Å². The number of hydrogen-bond acceptors (Lipinski definition) is 3. The number of carbonyl (C=O) groups excluding carboxylic acids is 1. The summed E-state index contributed by atoms with van der Waals surface area (Å²) in [4.78, 5) is 30.5. The number of carboxylic acids is 1. The highest BCUT2D eigenvalue weighted by Gasteiger charge is 2.35. The molecule has 0 spiro atoms. The van der Waals surface area contributed by atoms with E-state index in [-0.39, 0.29) is 6.54 Å². The fourth-order valence-corrected chi connectivity index (χ4v) is 1.07. The number of amides is 2. The molecule has 1 heterocycles. The van der Waals surface area contributed by atoms with Gasteiger partial charge in [0, 0.05) is 13.2 Å². The molecule has 0 aliphatic rings. The highest BCUT2D eigenvalue weighted by atomic mass is 16.4. The normalized spacial score (nSPS) is 11.0. The molecule has 1 rings (SSSR count). The summed E-state index contributed by atoms with van der Waals surface area (Å²) >= 11 is 0. The average Bonchev–Trinajstić information content (AvgIpc) is 2.77. The Morgan fingerprint density at radius 1 is 1.59 bits per heavy atom. The van der Waals surface area contributed by atoms with Gasteiger partial charge in [0.2, 0.25) is 0 Å². The van der Waals surface area contributed by atoms with Crippen molar-refractivity contribution in [3.63, 3.8) is 0 Å². The lowest BCUT2D eigenvalue weighted by Crippen LogP contribution is -2.53. The molecule has 0 saturated heterocycles. The van der Waals surface area contributed by atoms with Crippen molar-refractivity contribution in [2.45, 2.75) is 25.9 Å². The molecule has 0 unspecified atom stereocenters. The Balaban J connectivity index is 2.56. The zero-order chi connectivity index (χ0) is 13.1. The molecule has 0 aliphatic heterocycles. The summed E-state index contributed by atoms with van der Waals surface area (Å²) in [6, 6.07) is -0.452. The van der Waals surface area contributed by atoms with Gasteiger partial charge in [-0.25, -0.2) is 14.6 Å². The lowest BCUT2D eigenvalue weighted by Gasteiger charge is -2.31. The molecule has 0 saturated carbocycles. The van der Waals surface area contributed by atoms with Crippen LogP contribution in [0.4, 0.5) is 4.79 Å². The summed E-state index contributed by atoms with van der Waals surface area (Å²) < 4.78 is 0. The van der Waals surface area contributed by atoms with Gasteiger partial charge in [0.05, 0.1) is 18.6 Å². The molecule has 3 N–H and O–H groups in total. The topological polar surface area (TPSA) is 98.3 Å². The molecule has 0 aromatic carbocycles. The van der Waals surface area contributed by atoms with Gasteiger partial charge in [-0.05, 0) is 13.8 Å². The van der Waals surface area contributed by atoms with E-state index >= 15 is 0 Å². The van der Waals surface area contributed by atoms with E-state index in [0.29, 0.717) is 0 Å². The van der Waals surface area contributed by atoms with Crippen molar-refractivity contribution in [2.75, 3.05) is 7.05 Å². The number of aromatic nitrogens is 2. The Kier molecular flexibility index (Phi) is 3.72. The van der Waals surface area contributed by atoms with Crippen molar-refractivity contribution in [1.82, 2.24) is 20.2 Å². The number of aliphatic carboxylic acids is 1. The van der Waals surface area contributed by atoms with E-state index in [1.807, 2.05) is 0 Å². The van der Waals surface area contributed by atoms with Gasteiger partial charge < -0.3 is 20.3 Å². The standard InChI is InChI=1S/C10H16N4O3/c1-10(2,8(15)16)14(3)9(17)12-5-7-4-11-6-13-7/h4,6H,5H2,1-3H3,(H,11,13)(H,12,17)(H,15,16). The van der Waals surface area contributed by atoms with Gasteiger partial charge >= 0.3 is 12.0 Å². The van der Waals surface area contributed by atoms with Crippen molar-refractivity contribution in [3.8, 4) is 0 Å². The first kappa shape index (κ1) is 13.0. The second-order valence-electron chi connectivity index (χ2n) is 4.16. The summed E-state index contributed by atoms with van der Waals surface area (Å²) in [5.74, 6) is -1.06. The minimum Gasteiger partial charge on any atom is -0.480 e. The predicted octanol–water partition coefficient (Wildman–Crippen LogP) is 0.414. The number of imidazole rings is 1. The molecule has 1 aromatic rings. The van der Waals surface area contributed by atoms with Crippen LogP contribution in [-0.2, 0) is 11.3 Å². The molecule has 1 aromatic heterocycles. The zero-order valence-corrected chi connectivity index (χ0v) is 10.0. The van der Waals surface area contributed by atoms with Crippen molar-refractivity contribution < 1.29 is 14.7 Å². The number of aromatic amines is 1. The van der Waals surface area contributed by atoms with Crippen LogP contribution in [0.1, 0.15) is 19.5 Å². The largest absolute Gasteiger partial charge is 0.480 e. The summed E-state index contributed by atoms with van der Waals surface area (Å²) in [5.41, 5.74) is -0.502. The van der Waals surface area contributed by atoms with Crippen molar-refractivity contribution in [2.24, 2.45) is 0 Å². The summed E-state index contributed by atoms with van der Waals surface area (Å²) in [6.07, 6.45) is 3.09. The lowest BCUT2D eigenvalue weighted by atomic mass is 10.1. The second kappa shape index (κ2) is 4.86.